The third-order valence-electron chi connectivity index (χ3n) is 2.75. The third kappa shape index (κ3) is 1.25. The number of aromatic nitrogens is 2. The molecule has 0 aliphatic heterocycles. The van der Waals surface area contributed by atoms with Crippen LogP contribution in [0.1, 0.15) is 5.76 Å². The molecule has 0 atom stereocenters. The SMILES string of the molecule is Cc1cnc(-c2cn(C)c3ccccc23)o1. The van der Waals surface area contributed by atoms with Crippen LogP contribution in [0.15, 0.2) is 41.1 Å². The van der Waals surface area contributed by atoms with E-state index in [1.807, 2.05) is 26.1 Å². The van der Waals surface area contributed by atoms with Gasteiger partial charge in [0.25, 0.3) is 0 Å². The van der Waals surface area contributed by atoms with Gasteiger partial charge in [-0.3, -0.25) is 0 Å². The average Bonchev–Trinajstić information content (AvgIpc) is 2.84. The highest BCUT2D eigenvalue weighted by molar-refractivity contribution is 5.93. The van der Waals surface area contributed by atoms with Gasteiger partial charge in [0.1, 0.15) is 5.76 Å². The first-order valence-corrected chi connectivity index (χ1v) is 5.22. The minimum atomic E-state index is 0.689. The van der Waals surface area contributed by atoms with Crippen molar-refractivity contribution >= 4 is 10.9 Å². The summed E-state index contributed by atoms with van der Waals surface area (Å²) in [6.07, 6.45) is 3.80. The lowest BCUT2D eigenvalue weighted by molar-refractivity contribution is 0.543. The molecule has 0 saturated heterocycles. The molecule has 0 aliphatic rings. The Morgan fingerprint density at radius 1 is 1.25 bits per heavy atom. The van der Waals surface area contributed by atoms with Crippen LogP contribution in [0, 0.1) is 6.92 Å². The lowest BCUT2D eigenvalue weighted by Gasteiger charge is -1.93. The van der Waals surface area contributed by atoms with Crippen LogP contribution in [-0.4, -0.2) is 9.55 Å². The second-order valence-electron chi connectivity index (χ2n) is 3.95. The van der Waals surface area contributed by atoms with Gasteiger partial charge in [0, 0.05) is 24.1 Å². The van der Waals surface area contributed by atoms with Gasteiger partial charge in [-0.2, -0.15) is 0 Å². The van der Waals surface area contributed by atoms with Gasteiger partial charge in [-0.05, 0) is 13.0 Å². The second kappa shape index (κ2) is 3.23. The first kappa shape index (κ1) is 9.21. The van der Waals surface area contributed by atoms with Gasteiger partial charge in [-0.1, -0.05) is 18.2 Å². The van der Waals surface area contributed by atoms with Crippen molar-refractivity contribution in [1.82, 2.24) is 9.55 Å². The summed E-state index contributed by atoms with van der Waals surface area (Å²) in [7, 11) is 2.03. The van der Waals surface area contributed by atoms with E-state index >= 15 is 0 Å². The van der Waals surface area contributed by atoms with Crippen LogP contribution in [0.25, 0.3) is 22.4 Å². The number of fused-ring (bicyclic) bond motifs is 1. The Morgan fingerprint density at radius 2 is 2.06 bits per heavy atom. The molecule has 80 valence electrons. The van der Waals surface area contributed by atoms with Crippen molar-refractivity contribution in [2.24, 2.45) is 7.05 Å². The molecule has 0 bridgehead atoms. The summed E-state index contributed by atoms with van der Waals surface area (Å²) in [4.78, 5) is 4.27. The largest absolute Gasteiger partial charge is 0.441 e. The number of hydrogen-bond acceptors (Lipinski definition) is 2. The fraction of sp³-hybridized carbons (Fsp3) is 0.154. The van der Waals surface area contributed by atoms with E-state index in [-0.39, 0.29) is 0 Å². The fourth-order valence-corrected chi connectivity index (χ4v) is 1.99. The summed E-state index contributed by atoms with van der Waals surface area (Å²) in [5.41, 5.74) is 2.24. The maximum atomic E-state index is 5.57. The minimum absolute atomic E-state index is 0.689. The first-order chi connectivity index (χ1) is 7.75. The number of benzene rings is 1. The van der Waals surface area contributed by atoms with Crippen molar-refractivity contribution in [3.8, 4) is 11.5 Å². The topological polar surface area (TPSA) is 31.0 Å². The standard InChI is InChI=1S/C13H12N2O/c1-9-7-14-13(16-9)11-8-15(2)12-6-4-3-5-10(11)12/h3-8H,1-2H3. The molecule has 3 rings (SSSR count). The number of hydrogen-bond donors (Lipinski definition) is 0. The molecule has 3 nitrogen and oxygen atoms in total. The van der Waals surface area contributed by atoms with Crippen molar-refractivity contribution in [3.63, 3.8) is 0 Å². The molecule has 0 N–H and O–H groups in total. The highest BCUT2D eigenvalue weighted by atomic mass is 16.4. The van der Waals surface area contributed by atoms with Gasteiger partial charge in [0.2, 0.25) is 5.89 Å². The molecule has 2 heterocycles. The Labute approximate surface area is 93.3 Å². The lowest BCUT2D eigenvalue weighted by Crippen LogP contribution is -1.81. The minimum Gasteiger partial charge on any atom is -0.441 e. The molecule has 3 aromatic rings. The number of para-hydroxylation sites is 1. The average molecular weight is 212 g/mol. The predicted octanol–water partition coefficient (Wildman–Crippen LogP) is 3.14. The quantitative estimate of drug-likeness (QED) is 0.620. The van der Waals surface area contributed by atoms with Crippen molar-refractivity contribution in [3.05, 3.63) is 42.4 Å². The van der Waals surface area contributed by atoms with E-state index in [1.54, 1.807) is 6.20 Å². The van der Waals surface area contributed by atoms with Gasteiger partial charge >= 0.3 is 0 Å². The Balaban J connectivity index is 2.32. The zero-order chi connectivity index (χ0) is 11.1. The van der Waals surface area contributed by atoms with Crippen LogP contribution < -0.4 is 0 Å². The van der Waals surface area contributed by atoms with Gasteiger partial charge in [0.15, 0.2) is 0 Å². The van der Waals surface area contributed by atoms with E-state index in [1.165, 1.54) is 10.9 Å². The normalized spacial score (nSPS) is 11.1. The van der Waals surface area contributed by atoms with E-state index < -0.39 is 0 Å². The van der Waals surface area contributed by atoms with Crippen LogP contribution in [-0.2, 0) is 7.05 Å². The molecule has 0 amide bonds. The predicted molar refractivity (Wildman–Crippen MR) is 63.2 cm³/mol. The Kier molecular flexibility index (Phi) is 1.86. The van der Waals surface area contributed by atoms with E-state index in [0.717, 1.165) is 11.3 Å². The van der Waals surface area contributed by atoms with Crippen molar-refractivity contribution in [2.75, 3.05) is 0 Å². The maximum absolute atomic E-state index is 5.57. The molecular weight excluding hydrogens is 200 g/mol. The molecular formula is C13H12N2O. The van der Waals surface area contributed by atoms with Gasteiger partial charge in [0.05, 0.1) is 11.8 Å². The number of nitrogens with zero attached hydrogens (tertiary/aromatic N) is 2. The lowest BCUT2D eigenvalue weighted by atomic mass is 10.2. The Hall–Kier alpha value is -2.03. The van der Waals surface area contributed by atoms with Crippen molar-refractivity contribution < 1.29 is 4.42 Å². The summed E-state index contributed by atoms with van der Waals surface area (Å²) in [6, 6.07) is 8.24. The van der Waals surface area contributed by atoms with Crippen LogP contribution >= 0.6 is 0 Å². The molecule has 2 aromatic heterocycles. The monoisotopic (exact) mass is 212 g/mol. The summed E-state index contributed by atoms with van der Waals surface area (Å²) >= 11 is 0. The van der Waals surface area contributed by atoms with Crippen molar-refractivity contribution in [2.45, 2.75) is 6.92 Å². The summed E-state index contributed by atoms with van der Waals surface area (Å²) < 4.78 is 7.65. The van der Waals surface area contributed by atoms with E-state index in [4.69, 9.17) is 4.42 Å². The van der Waals surface area contributed by atoms with E-state index in [2.05, 4.69) is 27.9 Å². The molecule has 1 aromatic carbocycles. The highest BCUT2D eigenvalue weighted by Gasteiger charge is 2.11. The van der Waals surface area contributed by atoms with Gasteiger partial charge in [-0.25, -0.2) is 4.98 Å². The summed E-state index contributed by atoms with van der Waals surface area (Å²) in [5.74, 6) is 1.53. The first-order valence-electron chi connectivity index (χ1n) is 5.22. The summed E-state index contributed by atoms with van der Waals surface area (Å²) in [6.45, 7) is 1.90. The Bertz CT molecular complexity index is 649. The number of rotatable bonds is 1. The third-order valence-corrected chi connectivity index (χ3v) is 2.75. The molecule has 0 fully saturated rings. The van der Waals surface area contributed by atoms with Gasteiger partial charge < -0.3 is 8.98 Å². The second-order valence-corrected chi connectivity index (χ2v) is 3.95. The zero-order valence-electron chi connectivity index (χ0n) is 9.27. The van der Waals surface area contributed by atoms with Crippen LogP contribution in [0.3, 0.4) is 0 Å². The molecule has 0 unspecified atom stereocenters. The number of oxazole rings is 1. The molecule has 0 aliphatic carbocycles. The fourth-order valence-electron chi connectivity index (χ4n) is 1.99. The molecule has 3 heteroatoms. The zero-order valence-corrected chi connectivity index (χ0v) is 9.27. The van der Waals surface area contributed by atoms with Crippen LogP contribution in [0.5, 0.6) is 0 Å². The molecule has 0 saturated carbocycles. The van der Waals surface area contributed by atoms with E-state index in [0.29, 0.717) is 5.89 Å². The maximum Gasteiger partial charge on any atom is 0.228 e. The van der Waals surface area contributed by atoms with E-state index in [9.17, 15) is 0 Å². The molecule has 0 spiro atoms. The molecule has 0 radical (unpaired) electrons. The Morgan fingerprint density at radius 3 is 2.81 bits per heavy atom. The van der Waals surface area contributed by atoms with Gasteiger partial charge in [-0.15, -0.1) is 0 Å². The van der Waals surface area contributed by atoms with Crippen molar-refractivity contribution in [1.29, 1.82) is 0 Å². The molecule has 16 heavy (non-hydrogen) atoms. The van der Waals surface area contributed by atoms with Crippen LogP contribution in [0.4, 0.5) is 0 Å². The summed E-state index contributed by atoms with van der Waals surface area (Å²) in [5, 5.41) is 1.17. The van der Waals surface area contributed by atoms with Crippen LogP contribution in [0.2, 0.25) is 0 Å². The smallest absolute Gasteiger partial charge is 0.228 e. The number of aryl methyl sites for hydroxylation is 2. The highest BCUT2D eigenvalue weighted by Crippen LogP contribution is 2.29.